The second-order valence-electron chi connectivity index (χ2n) is 6.50. The van der Waals surface area contributed by atoms with Gasteiger partial charge in [0.25, 0.3) is 0 Å². The molecular formula is C19H25N3O2S. The summed E-state index contributed by atoms with van der Waals surface area (Å²) in [6.45, 7) is 4.30. The van der Waals surface area contributed by atoms with Crippen molar-refractivity contribution in [3.8, 4) is 11.4 Å². The van der Waals surface area contributed by atoms with E-state index in [9.17, 15) is 4.79 Å². The van der Waals surface area contributed by atoms with Crippen LogP contribution in [0, 0.1) is 0 Å². The van der Waals surface area contributed by atoms with Crippen molar-refractivity contribution >= 4 is 17.7 Å². The maximum absolute atomic E-state index is 12.7. The fourth-order valence-electron chi connectivity index (χ4n) is 3.47. The SMILES string of the molecule is COc1cccc(-n2ccnc2SCC(=O)N2[C@@H](C)CCC[C@@H]2C)c1. The summed E-state index contributed by atoms with van der Waals surface area (Å²) in [5.41, 5.74) is 0.978. The lowest BCUT2D eigenvalue weighted by Gasteiger charge is -2.39. The number of amides is 1. The molecule has 5 nitrogen and oxygen atoms in total. The first kappa shape index (κ1) is 17.9. The van der Waals surface area contributed by atoms with Gasteiger partial charge in [-0.1, -0.05) is 17.8 Å². The van der Waals surface area contributed by atoms with Crippen molar-refractivity contribution in [2.45, 2.75) is 50.4 Å². The zero-order valence-electron chi connectivity index (χ0n) is 15.0. The van der Waals surface area contributed by atoms with Crippen LogP contribution in [0.5, 0.6) is 5.75 Å². The summed E-state index contributed by atoms with van der Waals surface area (Å²) in [6.07, 6.45) is 7.07. The van der Waals surface area contributed by atoms with E-state index in [1.54, 1.807) is 13.3 Å². The largest absolute Gasteiger partial charge is 0.497 e. The van der Waals surface area contributed by atoms with Crippen LogP contribution in [0.1, 0.15) is 33.1 Å². The molecule has 1 fully saturated rings. The lowest BCUT2D eigenvalue weighted by atomic mass is 9.98. The zero-order chi connectivity index (χ0) is 17.8. The van der Waals surface area contributed by atoms with Gasteiger partial charge in [-0.2, -0.15) is 0 Å². The molecule has 1 saturated heterocycles. The lowest BCUT2D eigenvalue weighted by Crippen LogP contribution is -2.48. The lowest BCUT2D eigenvalue weighted by molar-refractivity contribution is -0.134. The van der Waals surface area contributed by atoms with Crippen LogP contribution < -0.4 is 4.74 Å². The minimum Gasteiger partial charge on any atom is -0.497 e. The number of likely N-dealkylation sites (tertiary alicyclic amines) is 1. The van der Waals surface area contributed by atoms with Crippen molar-refractivity contribution in [1.29, 1.82) is 0 Å². The highest BCUT2D eigenvalue weighted by molar-refractivity contribution is 7.99. The van der Waals surface area contributed by atoms with Crippen LogP contribution in [0.2, 0.25) is 0 Å². The number of imidazole rings is 1. The Kier molecular flexibility index (Phi) is 5.68. The predicted octanol–water partition coefficient (Wildman–Crippen LogP) is 3.76. The molecule has 1 aromatic carbocycles. The van der Waals surface area contributed by atoms with Crippen LogP contribution in [0.3, 0.4) is 0 Å². The van der Waals surface area contributed by atoms with Gasteiger partial charge in [0.15, 0.2) is 5.16 Å². The van der Waals surface area contributed by atoms with Crippen LogP contribution in [0.4, 0.5) is 0 Å². The third-order valence-corrected chi connectivity index (χ3v) is 5.70. The average Bonchev–Trinajstić information content (AvgIpc) is 3.08. The van der Waals surface area contributed by atoms with Gasteiger partial charge in [0.1, 0.15) is 5.75 Å². The van der Waals surface area contributed by atoms with Crippen LogP contribution in [-0.4, -0.2) is 45.3 Å². The number of nitrogens with zero attached hydrogens (tertiary/aromatic N) is 3. The quantitative estimate of drug-likeness (QED) is 0.763. The smallest absolute Gasteiger partial charge is 0.233 e. The third kappa shape index (κ3) is 4.00. The number of benzene rings is 1. The number of ether oxygens (including phenoxy) is 1. The Labute approximate surface area is 153 Å². The average molecular weight is 359 g/mol. The van der Waals surface area contributed by atoms with Gasteiger partial charge in [0.05, 0.1) is 18.6 Å². The number of thioether (sulfide) groups is 1. The topological polar surface area (TPSA) is 47.4 Å². The molecule has 2 atom stereocenters. The number of hydrogen-bond acceptors (Lipinski definition) is 4. The first-order valence-corrected chi connectivity index (χ1v) is 9.70. The Bertz CT molecular complexity index is 721. The summed E-state index contributed by atoms with van der Waals surface area (Å²) in [4.78, 5) is 19.2. The van der Waals surface area contributed by atoms with Gasteiger partial charge in [-0.3, -0.25) is 9.36 Å². The monoisotopic (exact) mass is 359 g/mol. The second-order valence-corrected chi connectivity index (χ2v) is 7.44. The number of rotatable bonds is 5. The molecule has 3 rings (SSSR count). The number of methoxy groups -OCH3 is 1. The molecule has 0 saturated carbocycles. The summed E-state index contributed by atoms with van der Waals surface area (Å²) in [7, 11) is 1.66. The highest BCUT2D eigenvalue weighted by atomic mass is 32.2. The molecule has 2 heterocycles. The standard InChI is InChI=1S/C19H25N3O2S/c1-14-6-4-7-15(2)22(14)18(23)13-25-19-20-10-11-21(19)16-8-5-9-17(12-16)24-3/h5,8-12,14-15H,4,6-7,13H2,1-3H3/t14-,15-/m0/s1. The molecule has 1 amide bonds. The van der Waals surface area contributed by atoms with Crippen molar-refractivity contribution in [2.24, 2.45) is 0 Å². The molecule has 25 heavy (non-hydrogen) atoms. The predicted molar refractivity (Wildman–Crippen MR) is 100 cm³/mol. The van der Waals surface area contributed by atoms with E-state index in [-0.39, 0.29) is 5.91 Å². The second kappa shape index (κ2) is 7.95. The van der Waals surface area contributed by atoms with Crippen molar-refractivity contribution in [1.82, 2.24) is 14.5 Å². The van der Waals surface area contributed by atoms with Gasteiger partial charge in [-0.15, -0.1) is 0 Å². The summed E-state index contributed by atoms with van der Waals surface area (Å²) in [6, 6.07) is 8.48. The van der Waals surface area contributed by atoms with Crippen molar-refractivity contribution in [3.05, 3.63) is 36.7 Å². The number of hydrogen-bond donors (Lipinski definition) is 0. The molecule has 0 N–H and O–H groups in total. The Morgan fingerprint density at radius 2 is 2.08 bits per heavy atom. The van der Waals surface area contributed by atoms with E-state index in [4.69, 9.17) is 4.74 Å². The normalized spacial score (nSPS) is 20.5. The molecule has 1 aliphatic heterocycles. The molecule has 0 aliphatic carbocycles. The summed E-state index contributed by atoms with van der Waals surface area (Å²) in [5.74, 6) is 1.41. The molecule has 134 valence electrons. The van der Waals surface area contributed by atoms with E-state index in [0.29, 0.717) is 17.8 Å². The molecule has 1 aromatic heterocycles. The number of aromatic nitrogens is 2. The van der Waals surface area contributed by atoms with E-state index >= 15 is 0 Å². The van der Waals surface area contributed by atoms with E-state index in [1.807, 2.05) is 35.0 Å². The summed E-state index contributed by atoms with van der Waals surface area (Å²) in [5, 5.41) is 0.818. The molecule has 0 bridgehead atoms. The van der Waals surface area contributed by atoms with E-state index in [1.165, 1.54) is 18.2 Å². The van der Waals surface area contributed by atoms with Crippen LogP contribution in [0.15, 0.2) is 41.8 Å². The Morgan fingerprint density at radius 3 is 2.80 bits per heavy atom. The first-order valence-electron chi connectivity index (χ1n) is 8.72. The maximum Gasteiger partial charge on any atom is 0.233 e. The van der Waals surface area contributed by atoms with Crippen molar-refractivity contribution < 1.29 is 9.53 Å². The molecule has 0 radical (unpaired) electrons. The molecule has 2 aromatic rings. The highest BCUT2D eigenvalue weighted by Crippen LogP contribution is 2.26. The van der Waals surface area contributed by atoms with Crippen LogP contribution in [0.25, 0.3) is 5.69 Å². The van der Waals surface area contributed by atoms with Crippen molar-refractivity contribution in [2.75, 3.05) is 12.9 Å². The van der Waals surface area contributed by atoms with Gasteiger partial charge in [0.2, 0.25) is 5.91 Å². The molecule has 0 unspecified atom stereocenters. The Hall–Kier alpha value is -1.95. The van der Waals surface area contributed by atoms with Gasteiger partial charge < -0.3 is 9.64 Å². The summed E-state index contributed by atoms with van der Waals surface area (Å²) < 4.78 is 7.28. The van der Waals surface area contributed by atoms with E-state index in [0.717, 1.165) is 29.4 Å². The van der Waals surface area contributed by atoms with Crippen molar-refractivity contribution in [3.63, 3.8) is 0 Å². The number of carbonyl (C=O) groups excluding carboxylic acids is 1. The van der Waals surface area contributed by atoms with Gasteiger partial charge in [-0.25, -0.2) is 4.98 Å². The van der Waals surface area contributed by atoms with Crippen LogP contribution >= 0.6 is 11.8 Å². The molecule has 0 spiro atoms. The zero-order valence-corrected chi connectivity index (χ0v) is 15.8. The fourth-order valence-corrected chi connectivity index (χ4v) is 4.31. The van der Waals surface area contributed by atoms with Crippen LogP contribution in [-0.2, 0) is 4.79 Å². The number of carbonyl (C=O) groups is 1. The first-order chi connectivity index (χ1) is 12.1. The molecular weight excluding hydrogens is 334 g/mol. The van der Waals surface area contributed by atoms with Gasteiger partial charge >= 0.3 is 0 Å². The Balaban J connectivity index is 1.70. The molecule has 1 aliphatic rings. The van der Waals surface area contributed by atoms with Gasteiger partial charge in [0, 0.05) is 30.5 Å². The minimum absolute atomic E-state index is 0.199. The third-order valence-electron chi connectivity index (χ3n) is 4.74. The van der Waals surface area contributed by atoms with E-state index in [2.05, 4.69) is 23.7 Å². The number of piperidine rings is 1. The summed E-state index contributed by atoms with van der Waals surface area (Å²) >= 11 is 1.49. The fraction of sp³-hybridized carbons (Fsp3) is 0.474. The minimum atomic E-state index is 0.199. The molecule has 6 heteroatoms. The maximum atomic E-state index is 12.7. The Morgan fingerprint density at radius 1 is 1.32 bits per heavy atom. The van der Waals surface area contributed by atoms with Gasteiger partial charge in [-0.05, 0) is 45.2 Å². The highest BCUT2D eigenvalue weighted by Gasteiger charge is 2.28. The van der Waals surface area contributed by atoms with E-state index < -0.39 is 0 Å².